The maximum absolute atomic E-state index is 12.5. The highest BCUT2D eigenvalue weighted by atomic mass is 16.5. The van der Waals surface area contributed by atoms with Crippen LogP contribution < -0.4 is 20.7 Å². The molecule has 7 heteroatoms. The topological polar surface area (TPSA) is 96.5 Å². The van der Waals surface area contributed by atoms with Crippen molar-refractivity contribution in [3.05, 3.63) is 59.7 Å². The van der Waals surface area contributed by atoms with Crippen LogP contribution in [0, 0.1) is 0 Å². The minimum atomic E-state index is -0.477. The summed E-state index contributed by atoms with van der Waals surface area (Å²) in [5.41, 5.74) is 1.78. The fourth-order valence-electron chi connectivity index (χ4n) is 2.73. The zero-order valence-electron chi connectivity index (χ0n) is 16.2. The van der Waals surface area contributed by atoms with Crippen LogP contribution in [-0.4, -0.2) is 31.4 Å². The van der Waals surface area contributed by atoms with Gasteiger partial charge in [-0.3, -0.25) is 14.4 Å². The first-order valence-electron chi connectivity index (χ1n) is 9.02. The molecule has 0 fully saturated rings. The molecule has 2 aromatic carbocycles. The molecular formula is C21H25N3O4. The minimum Gasteiger partial charge on any atom is -0.497 e. The smallest absolute Gasteiger partial charge is 0.251 e. The van der Waals surface area contributed by atoms with Gasteiger partial charge in [0.05, 0.1) is 19.6 Å². The molecule has 0 unspecified atom stereocenters. The summed E-state index contributed by atoms with van der Waals surface area (Å²) in [6, 6.07) is 13.4. The molecule has 0 spiro atoms. The summed E-state index contributed by atoms with van der Waals surface area (Å²) in [4.78, 5) is 36.0. The number of anilines is 1. The molecule has 2 rings (SSSR count). The quantitative estimate of drug-likeness (QED) is 0.653. The largest absolute Gasteiger partial charge is 0.497 e. The summed E-state index contributed by atoms with van der Waals surface area (Å²) >= 11 is 0. The zero-order chi connectivity index (χ0) is 20.5. The van der Waals surface area contributed by atoms with Crippen LogP contribution in [0.25, 0.3) is 0 Å². The van der Waals surface area contributed by atoms with Crippen LogP contribution in [0.15, 0.2) is 48.5 Å². The highest BCUT2D eigenvalue weighted by molar-refractivity contribution is 5.97. The predicted molar refractivity (Wildman–Crippen MR) is 107 cm³/mol. The highest BCUT2D eigenvalue weighted by Crippen LogP contribution is 2.21. The van der Waals surface area contributed by atoms with Gasteiger partial charge in [0.2, 0.25) is 11.8 Å². The molecule has 3 N–H and O–H groups in total. The summed E-state index contributed by atoms with van der Waals surface area (Å²) in [5.74, 6) is -0.0145. The molecule has 28 heavy (non-hydrogen) atoms. The third kappa shape index (κ3) is 6.12. The Balaban J connectivity index is 2.09. The van der Waals surface area contributed by atoms with Crippen molar-refractivity contribution >= 4 is 23.4 Å². The number of hydrogen-bond acceptors (Lipinski definition) is 4. The first-order chi connectivity index (χ1) is 13.4. The second-order valence-corrected chi connectivity index (χ2v) is 6.22. The Kier molecular flexibility index (Phi) is 7.56. The molecule has 0 aliphatic rings. The molecule has 3 amide bonds. The first-order valence-corrected chi connectivity index (χ1v) is 9.02. The third-order valence-electron chi connectivity index (χ3n) is 4.03. The molecule has 0 aliphatic heterocycles. The number of amides is 3. The monoisotopic (exact) mass is 383 g/mol. The van der Waals surface area contributed by atoms with E-state index in [1.807, 2.05) is 19.1 Å². The van der Waals surface area contributed by atoms with Crippen LogP contribution in [0.4, 0.5) is 5.69 Å². The van der Waals surface area contributed by atoms with E-state index in [1.54, 1.807) is 43.5 Å². The maximum Gasteiger partial charge on any atom is 0.251 e. The SMILES string of the molecule is CCNC(=O)c1cccc(NC(=O)C[C@@H](NC(C)=O)c2ccc(OC)cc2)c1. The fourth-order valence-corrected chi connectivity index (χ4v) is 2.73. The van der Waals surface area contributed by atoms with Crippen molar-refractivity contribution in [1.29, 1.82) is 0 Å². The Morgan fingerprint density at radius 1 is 1.07 bits per heavy atom. The minimum absolute atomic E-state index is 0.0529. The van der Waals surface area contributed by atoms with Crippen LogP contribution in [0.5, 0.6) is 5.75 Å². The molecule has 0 radical (unpaired) electrons. The van der Waals surface area contributed by atoms with Gasteiger partial charge in [-0.05, 0) is 42.8 Å². The summed E-state index contributed by atoms with van der Waals surface area (Å²) in [5, 5.41) is 8.29. The average molecular weight is 383 g/mol. The molecule has 2 aromatic rings. The Morgan fingerprint density at radius 3 is 2.39 bits per heavy atom. The van der Waals surface area contributed by atoms with Gasteiger partial charge in [-0.25, -0.2) is 0 Å². The second-order valence-electron chi connectivity index (χ2n) is 6.22. The first kappa shape index (κ1) is 21.0. The lowest BCUT2D eigenvalue weighted by atomic mass is 10.0. The van der Waals surface area contributed by atoms with Crippen LogP contribution in [0.2, 0.25) is 0 Å². The highest BCUT2D eigenvalue weighted by Gasteiger charge is 2.18. The molecular weight excluding hydrogens is 358 g/mol. The molecule has 148 valence electrons. The maximum atomic E-state index is 12.5. The Morgan fingerprint density at radius 2 is 1.79 bits per heavy atom. The van der Waals surface area contributed by atoms with E-state index in [0.717, 1.165) is 5.56 Å². The number of ether oxygens (including phenoxy) is 1. The van der Waals surface area contributed by atoms with Gasteiger partial charge in [0.15, 0.2) is 0 Å². The van der Waals surface area contributed by atoms with Gasteiger partial charge in [-0.1, -0.05) is 18.2 Å². The van der Waals surface area contributed by atoms with Crippen molar-refractivity contribution < 1.29 is 19.1 Å². The summed E-state index contributed by atoms with van der Waals surface area (Å²) < 4.78 is 5.14. The van der Waals surface area contributed by atoms with Crippen molar-refractivity contribution in [3.63, 3.8) is 0 Å². The van der Waals surface area contributed by atoms with Crippen molar-refractivity contribution in [3.8, 4) is 5.75 Å². The van der Waals surface area contributed by atoms with Crippen LogP contribution in [0.3, 0.4) is 0 Å². The van der Waals surface area contributed by atoms with E-state index in [9.17, 15) is 14.4 Å². The van der Waals surface area contributed by atoms with Crippen molar-refractivity contribution in [2.75, 3.05) is 19.0 Å². The zero-order valence-corrected chi connectivity index (χ0v) is 16.2. The number of benzene rings is 2. The van der Waals surface area contributed by atoms with Crippen LogP contribution in [0.1, 0.15) is 42.2 Å². The standard InChI is InChI=1S/C21H25N3O4/c1-4-22-21(27)16-6-5-7-17(12-16)24-20(26)13-19(23-14(2)25)15-8-10-18(28-3)11-9-15/h5-12,19H,4,13H2,1-3H3,(H,22,27)(H,23,25)(H,24,26)/t19-/m1/s1. The average Bonchev–Trinajstić information content (AvgIpc) is 2.67. The third-order valence-corrected chi connectivity index (χ3v) is 4.03. The normalized spacial score (nSPS) is 11.2. The Bertz CT molecular complexity index is 834. The number of carbonyl (C=O) groups is 3. The van der Waals surface area contributed by atoms with E-state index in [4.69, 9.17) is 4.74 Å². The van der Waals surface area contributed by atoms with E-state index >= 15 is 0 Å². The molecule has 0 heterocycles. The summed E-state index contributed by atoms with van der Waals surface area (Å²) in [6.07, 6.45) is 0.0529. The predicted octanol–water partition coefficient (Wildman–Crippen LogP) is 2.65. The van der Waals surface area contributed by atoms with Gasteiger partial charge < -0.3 is 20.7 Å². The van der Waals surface area contributed by atoms with E-state index in [-0.39, 0.29) is 24.1 Å². The van der Waals surface area contributed by atoms with Crippen LogP contribution in [-0.2, 0) is 9.59 Å². The Labute approximate surface area is 164 Å². The lowest BCUT2D eigenvalue weighted by Crippen LogP contribution is -2.29. The summed E-state index contributed by atoms with van der Waals surface area (Å²) in [7, 11) is 1.57. The summed E-state index contributed by atoms with van der Waals surface area (Å²) in [6.45, 7) is 3.77. The Hall–Kier alpha value is -3.35. The number of carbonyl (C=O) groups excluding carboxylic acids is 3. The molecule has 7 nitrogen and oxygen atoms in total. The molecule has 1 atom stereocenters. The van der Waals surface area contributed by atoms with Gasteiger partial charge in [-0.15, -0.1) is 0 Å². The van der Waals surface area contributed by atoms with Gasteiger partial charge in [0.25, 0.3) is 5.91 Å². The number of nitrogens with one attached hydrogen (secondary N) is 3. The van der Waals surface area contributed by atoms with Crippen molar-refractivity contribution in [2.45, 2.75) is 26.3 Å². The van der Waals surface area contributed by atoms with E-state index in [2.05, 4.69) is 16.0 Å². The molecule has 0 bridgehead atoms. The van der Waals surface area contributed by atoms with E-state index in [1.165, 1.54) is 6.92 Å². The van der Waals surface area contributed by atoms with Gasteiger partial charge in [-0.2, -0.15) is 0 Å². The number of hydrogen-bond donors (Lipinski definition) is 3. The number of methoxy groups -OCH3 is 1. The molecule has 0 aromatic heterocycles. The van der Waals surface area contributed by atoms with Crippen molar-refractivity contribution in [2.24, 2.45) is 0 Å². The second kappa shape index (κ2) is 10.1. The fraction of sp³-hybridized carbons (Fsp3) is 0.286. The van der Waals surface area contributed by atoms with E-state index < -0.39 is 6.04 Å². The molecule has 0 saturated carbocycles. The van der Waals surface area contributed by atoms with Gasteiger partial charge in [0, 0.05) is 24.7 Å². The van der Waals surface area contributed by atoms with E-state index in [0.29, 0.717) is 23.5 Å². The van der Waals surface area contributed by atoms with Crippen molar-refractivity contribution in [1.82, 2.24) is 10.6 Å². The lowest BCUT2D eigenvalue weighted by Gasteiger charge is -2.18. The molecule has 0 aliphatic carbocycles. The van der Waals surface area contributed by atoms with Gasteiger partial charge in [0.1, 0.15) is 5.75 Å². The number of rotatable bonds is 8. The molecule has 0 saturated heterocycles. The van der Waals surface area contributed by atoms with Crippen LogP contribution >= 0.6 is 0 Å². The van der Waals surface area contributed by atoms with Gasteiger partial charge >= 0.3 is 0 Å². The lowest BCUT2D eigenvalue weighted by molar-refractivity contribution is -0.120.